The fourth-order valence-corrected chi connectivity index (χ4v) is 1.33. The molecule has 0 fully saturated rings. The lowest BCUT2D eigenvalue weighted by Gasteiger charge is -2.07. The zero-order chi connectivity index (χ0) is 9.84. The van der Waals surface area contributed by atoms with E-state index in [1.54, 1.807) is 25.1 Å². The number of halogens is 2. The molecule has 1 aromatic rings. The maximum atomic E-state index is 8.49. The average molecular weight is 216 g/mol. The van der Waals surface area contributed by atoms with Crippen LogP contribution < -0.4 is 4.74 Å². The van der Waals surface area contributed by atoms with Gasteiger partial charge in [-0.25, -0.2) is 0 Å². The van der Waals surface area contributed by atoms with Crippen molar-refractivity contribution in [3.05, 3.63) is 28.2 Å². The van der Waals surface area contributed by atoms with Crippen molar-refractivity contribution >= 4 is 23.2 Å². The van der Waals surface area contributed by atoms with Crippen LogP contribution in [-0.4, -0.2) is 6.10 Å². The first-order valence-corrected chi connectivity index (χ1v) is 4.40. The molecule has 13 heavy (non-hydrogen) atoms. The number of ether oxygens (including phenoxy) is 1. The summed E-state index contributed by atoms with van der Waals surface area (Å²) < 4.78 is 5.20. The zero-order valence-corrected chi connectivity index (χ0v) is 8.43. The molecular weight excluding hydrogens is 209 g/mol. The third-order valence-electron chi connectivity index (χ3n) is 1.33. The minimum atomic E-state index is -0.505. The van der Waals surface area contributed by atoms with E-state index in [4.69, 9.17) is 33.2 Å². The number of nitrogens with zero attached hydrogens (tertiary/aromatic N) is 1. The molecule has 68 valence electrons. The molecule has 1 rings (SSSR count). The molecule has 0 spiro atoms. The molecule has 0 heterocycles. The predicted molar refractivity (Wildman–Crippen MR) is 52.2 cm³/mol. The van der Waals surface area contributed by atoms with E-state index in [-0.39, 0.29) is 0 Å². The molecule has 0 saturated carbocycles. The van der Waals surface area contributed by atoms with E-state index in [2.05, 4.69) is 0 Å². The summed E-state index contributed by atoms with van der Waals surface area (Å²) in [4.78, 5) is 0. The molecule has 0 aliphatic carbocycles. The predicted octanol–water partition coefficient (Wildman–Crippen LogP) is 3.28. The zero-order valence-electron chi connectivity index (χ0n) is 6.92. The van der Waals surface area contributed by atoms with Crippen molar-refractivity contribution in [3.8, 4) is 11.8 Å². The molecule has 0 amide bonds. The molecule has 0 radical (unpaired) electrons. The van der Waals surface area contributed by atoms with Crippen LogP contribution in [0, 0.1) is 11.3 Å². The Labute approximate surface area is 86.6 Å². The first-order valence-electron chi connectivity index (χ1n) is 3.64. The fourth-order valence-electron chi connectivity index (χ4n) is 0.827. The summed E-state index contributed by atoms with van der Waals surface area (Å²) >= 11 is 11.5. The van der Waals surface area contributed by atoms with E-state index in [9.17, 15) is 0 Å². The first kappa shape index (κ1) is 10.2. The van der Waals surface area contributed by atoms with Gasteiger partial charge < -0.3 is 4.74 Å². The van der Waals surface area contributed by atoms with Crippen LogP contribution in [0.2, 0.25) is 10.0 Å². The van der Waals surface area contributed by atoms with Gasteiger partial charge in [-0.05, 0) is 25.1 Å². The molecule has 1 unspecified atom stereocenters. The Morgan fingerprint density at radius 1 is 1.31 bits per heavy atom. The SMILES string of the molecule is CC(C#N)Oc1cc(Cl)cc(Cl)c1. The van der Waals surface area contributed by atoms with Crippen molar-refractivity contribution in [2.75, 3.05) is 0 Å². The summed E-state index contributed by atoms with van der Waals surface area (Å²) in [6.07, 6.45) is -0.505. The molecule has 0 saturated heterocycles. The number of hydrogen-bond acceptors (Lipinski definition) is 2. The Morgan fingerprint density at radius 3 is 2.31 bits per heavy atom. The summed E-state index contributed by atoms with van der Waals surface area (Å²) in [5, 5.41) is 9.48. The summed E-state index contributed by atoms with van der Waals surface area (Å²) in [6.45, 7) is 1.65. The van der Waals surface area contributed by atoms with Crippen LogP contribution >= 0.6 is 23.2 Å². The maximum absolute atomic E-state index is 8.49. The highest BCUT2D eigenvalue weighted by atomic mass is 35.5. The van der Waals surface area contributed by atoms with Gasteiger partial charge in [0.05, 0.1) is 0 Å². The van der Waals surface area contributed by atoms with Crippen LogP contribution in [0.4, 0.5) is 0 Å². The van der Waals surface area contributed by atoms with Crippen LogP contribution in [-0.2, 0) is 0 Å². The highest BCUT2D eigenvalue weighted by Gasteiger charge is 2.03. The van der Waals surface area contributed by atoms with Crippen molar-refractivity contribution in [3.63, 3.8) is 0 Å². The lowest BCUT2D eigenvalue weighted by Crippen LogP contribution is -2.07. The lowest BCUT2D eigenvalue weighted by molar-refractivity contribution is 0.276. The summed E-state index contributed by atoms with van der Waals surface area (Å²) in [7, 11) is 0. The van der Waals surface area contributed by atoms with Crippen molar-refractivity contribution in [2.24, 2.45) is 0 Å². The smallest absolute Gasteiger partial charge is 0.181 e. The second-order valence-electron chi connectivity index (χ2n) is 2.49. The Kier molecular flexibility index (Phi) is 3.41. The second kappa shape index (κ2) is 4.36. The van der Waals surface area contributed by atoms with Crippen LogP contribution in [0.25, 0.3) is 0 Å². The number of benzene rings is 1. The highest BCUT2D eigenvalue weighted by Crippen LogP contribution is 2.24. The Bertz CT molecular complexity index is 326. The number of hydrogen-bond donors (Lipinski definition) is 0. The molecule has 0 bridgehead atoms. The van der Waals surface area contributed by atoms with Crippen LogP contribution in [0.5, 0.6) is 5.75 Å². The van der Waals surface area contributed by atoms with Gasteiger partial charge in [0, 0.05) is 10.0 Å². The lowest BCUT2D eigenvalue weighted by atomic mass is 10.3. The number of nitriles is 1. The molecule has 2 nitrogen and oxygen atoms in total. The third kappa shape index (κ3) is 3.14. The molecule has 0 N–H and O–H groups in total. The van der Waals surface area contributed by atoms with Crippen LogP contribution in [0.3, 0.4) is 0 Å². The molecule has 4 heteroatoms. The number of rotatable bonds is 2. The van der Waals surface area contributed by atoms with E-state index in [1.165, 1.54) is 0 Å². The van der Waals surface area contributed by atoms with Crippen molar-refractivity contribution < 1.29 is 4.74 Å². The topological polar surface area (TPSA) is 33.0 Å². The summed E-state index contributed by atoms with van der Waals surface area (Å²) in [5.41, 5.74) is 0. The van der Waals surface area contributed by atoms with Gasteiger partial charge in [0.15, 0.2) is 6.10 Å². The molecule has 0 aliphatic rings. The van der Waals surface area contributed by atoms with Gasteiger partial charge in [0.25, 0.3) is 0 Å². The van der Waals surface area contributed by atoms with Gasteiger partial charge in [-0.15, -0.1) is 0 Å². The first-order chi connectivity index (χ1) is 6.11. The van der Waals surface area contributed by atoms with Crippen LogP contribution in [0.15, 0.2) is 18.2 Å². The monoisotopic (exact) mass is 215 g/mol. The van der Waals surface area contributed by atoms with E-state index < -0.39 is 6.10 Å². The molecule has 0 aromatic heterocycles. The molecular formula is C9H7Cl2NO. The maximum Gasteiger partial charge on any atom is 0.181 e. The minimum absolute atomic E-state index is 0.493. The van der Waals surface area contributed by atoms with Gasteiger partial charge in [-0.3, -0.25) is 0 Å². The van der Waals surface area contributed by atoms with E-state index in [0.717, 1.165) is 0 Å². The average Bonchev–Trinajstić information content (AvgIpc) is 2.02. The van der Waals surface area contributed by atoms with Gasteiger partial charge >= 0.3 is 0 Å². The summed E-state index contributed by atoms with van der Waals surface area (Å²) in [6, 6.07) is 6.77. The van der Waals surface area contributed by atoms with E-state index >= 15 is 0 Å². The van der Waals surface area contributed by atoms with Crippen molar-refractivity contribution in [1.29, 1.82) is 5.26 Å². The third-order valence-corrected chi connectivity index (χ3v) is 1.77. The van der Waals surface area contributed by atoms with Crippen molar-refractivity contribution in [1.82, 2.24) is 0 Å². The van der Waals surface area contributed by atoms with Crippen molar-refractivity contribution in [2.45, 2.75) is 13.0 Å². The Hall–Kier alpha value is -0.910. The van der Waals surface area contributed by atoms with Gasteiger partial charge in [-0.1, -0.05) is 23.2 Å². The van der Waals surface area contributed by atoms with Gasteiger partial charge in [0.2, 0.25) is 0 Å². The molecule has 0 aliphatic heterocycles. The Balaban J connectivity index is 2.84. The normalized spacial score (nSPS) is 11.8. The standard InChI is InChI=1S/C9H7Cl2NO/c1-6(5-12)13-9-3-7(10)2-8(11)4-9/h2-4,6H,1H3. The van der Waals surface area contributed by atoms with Gasteiger partial charge in [0.1, 0.15) is 11.8 Å². The Morgan fingerprint density at radius 2 is 1.85 bits per heavy atom. The highest BCUT2D eigenvalue weighted by molar-refractivity contribution is 6.34. The van der Waals surface area contributed by atoms with E-state index in [0.29, 0.717) is 15.8 Å². The van der Waals surface area contributed by atoms with E-state index in [1.807, 2.05) is 6.07 Å². The largest absolute Gasteiger partial charge is 0.476 e. The summed E-state index contributed by atoms with van der Waals surface area (Å²) in [5.74, 6) is 0.506. The second-order valence-corrected chi connectivity index (χ2v) is 3.37. The minimum Gasteiger partial charge on any atom is -0.476 e. The van der Waals surface area contributed by atoms with Gasteiger partial charge in [-0.2, -0.15) is 5.26 Å². The fraction of sp³-hybridized carbons (Fsp3) is 0.222. The quantitative estimate of drug-likeness (QED) is 0.759. The van der Waals surface area contributed by atoms with Crippen LogP contribution in [0.1, 0.15) is 6.92 Å². The molecule has 1 atom stereocenters. The molecule has 1 aromatic carbocycles.